The number of hydrogen-bond acceptors (Lipinski definition) is 6. The Labute approximate surface area is 174 Å². The van der Waals surface area contributed by atoms with Gasteiger partial charge in [0.1, 0.15) is 11.4 Å². The first-order valence-corrected chi connectivity index (χ1v) is 10.2. The van der Waals surface area contributed by atoms with Gasteiger partial charge in [-0.1, -0.05) is 19.1 Å². The predicted molar refractivity (Wildman–Crippen MR) is 113 cm³/mol. The van der Waals surface area contributed by atoms with Gasteiger partial charge in [0.15, 0.2) is 11.3 Å². The van der Waals surface area contributed by atoms with Gasteiger partial charge in [0.25, 0.3) is 5.91 Å². The number of aryl methyl sites for hydroxylation is 1. The van der Waals surface area contributed by atoms with Crippen molar-refractivity contribution in [1.29, 1.82) is 0 Å². The molecule has 8 heteroatoms. The summed E-state index contributed by atoms with van der Waals surface area (Å²) >= 11 is 0. The largest absolute Gasteiger partial charge is 0.493 e. The average molecular weight is 410 g/mol. The SMILES string of the molecule is CCc1nccn1CCN1CCN(C(=O)c2cc3cccc(OC)c3oc2=O)CC1. The molecule has 0 saturated carbocycles. The van der Waals surface area contributed by atoms with E-state index in [0.29, 0.717) is 29.8 Å². The third-order valence-corrected chi connectivity index (χ3v) is 5.61. The first-order valence-electron chi connectivity index (χ1n) is 10.2. The molecule has 0 bridgehead atoms. The van der Waals surface area contributed by atoms with Gasteiger partial charge in [0.2, 0.25) is 0 Å². The van der Waals surface area contributed by atoms with Crippen molar-refractivity contribution in [2.45, 2.75) is 19.9 Å². The minimum Gasteiger partial charge on any atom is -0.493 e. The van der Waals surface area contributed by atoms with Crippen molar-refractivity contribution < 1.29 is 13.9 Å². The Kier molecular flexibility index (Phi) is 5.85. The number of hydrogen-bond donors (Lipinski definition) is 0. The summed E-state index contributed by atoms with van der Waals surface area (Å²) in [6, 6.07) is 6.93. The number of ether oxygens (including phenoxy) is 1. The number of nitrogens with zero attached hydrogens (tertiary/aromatic N) is 4. The van der Waals surface area contributed by atoms with E-state index < -0.39 is 5.63 Å². The summed E-state index contributed by atoms with van der Waals surface area (Å²) in [4.78, 5) is 33.8. The summed E-state index contributed by atoms with van der Waals surface area (Å²) in [6.45, 7) is 6.60. The molecule has 4 rings (SSSR count). The highest BCUT2D eigenvalue weighted by molar-refractivity contribution is 5.97. The Bertz CT molecular complexity index is 1100. The van der Waals surface area contributed by atoms with E-state index in [2.05, 4.69) is 21.4 Å². The van der Waals surface area contributed by atoms with Crippen molar-refractivity contribution in [3.8, 4) is 5.75 Å². The molecule has 1 amide bonds. The van der Waals surface area contributed by atoms with Gasteiger partial charge in [-0.05, 0) is 12.1 Å². The molecule has 2 aromatic heterocycles. The molecule has 0 spiro atoms. The average Bonchev–Trinajstić information content (AvgIpc) is 3.24. The molecule has 0 unspecified atom stereocenters. The van der Waals surface area contributed by atoms with Crippen LogP contribution in [-0.4, -0.2) is 65.1 Å². The number of aromatic nitrogens is 2. The maximum atomic E-state index is 13.0. The summed E-state index contributed by atoms with van der Waals surface area (Å²) < 4.78 is 12.8. The predicted octanol–water partition coefficient (Wildman–Crippen LogP) is 2.02. The molecular weight excluding hydrogens is 384 g/mol. The first kappa shape index (κ1) is 20.2. The van der Waals surface area contributed by atoms with Gasteiger partial charge in [-0.25, -0.2) is 9.78 Å². The van der Waals surface area contributed by atoms with E-state index in [1.54, 1.807) is 29.2 Å². The first-order chi connectivity index (χ1) is 14.6. The second kappa shape index (κ2) is 8.71. The zero-order valence-electron chi connectivity index (χ0n) is 17.3. The molecule has 0 radical (unpaired) electrons. The molecule has 0 atom stereocenters. The summed E-state index contributed by atoms with van der Waals surface area (Å²) in [5, 5.41) is 0.669. The maximum Gasteiger partial charge on any atom is 0.349 e. The zero-order valence-corrected chi connectivity index (χ0v) is 17.3. The molecule has 1 saturated heterocycles. The van der Waals surface area contributed by atoms with Gasteiger partial charge in [-0.15, -0.1) is 0 Å². The van der Waals surface area contributed by atoms with Gasteiger partial charge in [0, 0.05) is 63.5 Å². The highest BCUT2D eigenvalue weighted by Crippen LogP contribution is 2.24. The third kappa shape index (κ3) is 3.95. The number of carbonyl (C=O) groups is 1. The monoisotopic (exact) mass is 410 g/mol. The highest BCUT2D eigenvalue weighted by atomic mass is 16.5. The number of rotatable bonds is 6. The van der Waals surface area contributed by atoms with Crippen molar-refractivity contribution in [2.24, 2.45) is 0 Å². The van der Waals surface area contributed by atoms with Crippen LogP contribution >= 0.6 is 0 Å². The van der Waals surface area contributed by atoms with E-state index in [1.165, 1.54) is 7.11 Å². The minimum absolute atomic E-state index is 0.0650. The molecule has 0 aliphatic carbocycles. The number of methoxy groups -OCH3 is 1. The lowest BCUT2D eigenvalue weighted by Gasteiger charge is -2.34. The van der Waals surface area contributed by atoms with Crippen molar-refractivity contribution in [3.05, 3.63) is 58.5 Å². The topological polar surface area (TPSA) is 80.8 Å². The third-order valence-electron chi connectivity index (χ3n) is 5.61. The number of piperazine rings is 1. The van der Waals surface area contributed by atoms with Gasteiger partial charge in [-0.3, -0.25) is 9.69 Å². The lowest BCUT2D eigenvalue weighted by atomic mass is 10.1. The van der Waals surface area contributed by atoms with Crippen LogP contribution in [0.15, 0.2) is 45.9 Å². The highest BCUT2D eigenvalue weighted by Gasteiger charge is 2.25. The molecule has 3 aromatic rings. The number of benzene rings is 1. The van der Waals surface area contributed by atoms with Crippen LogP contribution in [0.2, 0.25) is 0 Å². The van der Waals surface area contributed by atoms with Crippen LogP contribution in [-0.2, 0) is 13.0 Å². The van der Waals surface area contributed by atoms with Crippen LogP contribution in [0, 0.1) is 0 Å². The standard InChI is InChI=1S/C22H26N4O4/c1-3-19-23-7-8-25(19)12-9-24-10-13-26(14-11-24)21(27)17-15-16-5-4-6-18(29-2)20(16)30-22(17)28/h4-8,15H,3,9-14H2,1-2H3. The second-order valence-electron chi connectivity index (χ2n) is 7.35. The Morgan fingerprint density at radius 3 is 2.73 bits per heavy atom. The fraction of sp³-hybridized carbons (Fsp3) is 0.409. The molecule has 158 valence electrons. The van der Waals surface area contributed by atoms with Crippen molar-refractivity contribution >= 4 is 16.9 Å². The van der Waals surface area contributed by atoms with E-state index in [0.717, 1.165) is 38.4 Å². The van der Waals surface area contributed by atoms with E-state index >= 15 is 0 Å². The molecule has 3 heterocycles. The Morgan fingerprint density at radius 2 is 2.00 bits per heavy atom. The van der Waals surface area contributed by atoms with Crippen LogP contribution in [0.1, 0.15) is 23.1 Å². The lowest BCUT2D eigenvalue weighted by molar-refractivity contribution is 0.0629. The number of para-hydroxylation sites is 1. The van der Waals surface area contributed by atoms with Crippen LogP contribution in [0.25, 0.3) is 11.0 Å². The normalized spacial score (nSPS) is 14.9. The van der Waals surface area contributed by atoms with Gasteiger partial charge in [0.05, 0.1) is 7.11 Å². The summed E-state index contributed by atoms with van der Waals surface area (Å²) in [6.07, 6.45) is 4.75. The zero-order chi connectivity index (χ0) is 21.1. The van der Waals surface area contributed by atoms with Gasteiger partial charge < -0.3 is 18.6 Å². The summed E-state index contributed by atoms with van der Waals surface area (Å²) in [7, 11) is 1.52. The Morgan fingerprint density at radius 1 is 1.20 bits per heavy atom. The van der Waals surface area contributed by atoms with Crippen LogP contribution in [0.5, 0.6) is 5.75 Å². The van der Waals surface area contributed by atoms with Gasteiger partial charge >= 0.3 is 5.63 Å². The van der Waals surface area contributed by atoms with Crippen molar-refractivity contribution in [1.82, 2.24) is 19.4 Å². The minimum atomic E-state index is -0.633. The second-order valence-corrected chi connectivity index (χ2v) is 7.35. The van der Waals surface area contributed by atoms with E-state index in [1.807, 2.05) is 12.4 Å². The van der Waals surface area contributed by atoms with Crippen molar-refractivity contribution in [3.63, 3.8) is 0 Å². The molecule has 8 nitrogen and oxygen atoms in total. The smallest absolute Gasteiger partial charge is 0.349 e. The van der Waals surface area contributed by atoms with Gasteiger partial charge in [-0.2, -0.15) is 0 Å². The molecule has 1 aliphatic heterocycles. The molecule has 30 heavy (non-hydrogen) atoms. The molecule has 0 N–H and O–H groups in total. The van der Waals surface area contributed by atoms with Crippen molar-refractivity contribution in [2.75, 3.05) is 39.8 Å². The quantitative estimate of drug-likeness (QED) is 0.579. The summed E-state index contributed by atoms with van der Waals surface area (Å²) in [5.74, 6) is 1.28. The number of amides is 1. The van der Waals surface area contributed by atoms with Crippen LogP contribution in [0.4, 0.5) is 0 Å². The molecule has 1 aromatic carbocycles. The van der Waals surface area contributed by atoms with Crippen LogP contribution < -0.4 is 10.4 Å². The van der Waals surface area contributed by atoms with Crippen LogP contribution in [0.3, 0.4) is 0 Å². The fourth-order valence-corrected chi connectivity index (χ4v) is 3.88. The Balaban J connectivity index is 1.41. The maximum absolute atomic E-state index is 13.0. The number of carbonyl (C=O) groups excluding carboxylic acids is 1. The molecule has 1 aliphatic rings. The summed E-state index contributed by atoms with van der Waals surface area (Å²) in [5.41, 5.74) is -0.209. The molecular formula is C22H26N4O4. The fourth-order valence-electron chi connectivity index (χ4n) is 3.88. The van der Waals surface area contributed by atoms with E-state index in [4.69, 9.17) is 9.15 Å². The Hall–Kier alpha value is -3.13. The molecule has 1 fully saturated rings. The lowest BCUT2D eigenvalue weighted by Crippen LogP contribution is -2.50. The number of fused-ring (bicyclic) bond motifs is 1. The van der Waals surface area contributed by atoms with E-state index in [9.17, 15) is 9.59 Å². The van der Waals surface area contributed by atoms with E-state index in [-0.39, 0.29) is 11.5 Å². The number of imidazole rings is 1.